The Morgan fingerprint density at radius 2 is 1.90 bits per heavy atom. The topological polar surface area (TPSA) is 98.1 Å². The van der Waals surface area contributed by atoms with Crippen molar-refractivity contribution in [3.63, 3.8) is 0 Å². The summed E-state index contributed by atoms with van der Waals surface area (Å²) in [5.41, 5.74) is 4.90. The number of esters is 1. The highest BCUT2D eigenvalue weighted by Gasteiger charge is 2.45. The van der Waals surface area contributed by atoms with Gasteiger partial charge in [-0.15, -0.1) is 0 Å². The van der Waals surface area contributed by atoms with Gasteiger partial charge in [-0.25, -0.2) is 9.80 Å². The number of hydrazone groups is 1. The predicted octanol–water partition coefficient (Wildman–Crippen LogP) is 6.92. The molecule has 8 heteroatoms. The van der Waals surface area contributed by atoms with E-state index in [2.05, 4.69) is 6.92 Å². The third-order valence-corrected chi connectivity index (χ3v) is 7.90. The summed E-state index contributed by atoms with van der Waals surface area (Å²) in [6.07, 6.45) is 10.2. The molecule has 1 aliphatic heterocycles. The highest BCUT2D eigenvalue weighted by atomic mass is 16.5. The minimum atomic E-state index is -0.525. The third kappa shape index (κ3) is 5.10. The maximum absolute atomic E-state index is 13.7. The van der Waals surface area contributed by atoms with E-state index in [1.165, 1.54) is 5.01 Å². The fraction of sp³-hybridized carbons (Fsp3) is 0.333. The number of para-hydroxylation sites is 1. The van der Waals surface area contributed by atoms with E-state index in [0.717, 1.165) is 71.3 Å². The zero-order valence-electron chi connectivity index (χ0n) is 23.3. The molecule has 0 bridgehead atoms. The normalized spacial score (nSPS) is 19.4. The second-order valence-corrected chi connectivity index (χ2v) is 10.5. The number of rotatable bonds is 8. The second-order valence-electron chi connectivity index (χ2n) is 10.5. The number of aryl methyl sites for hydroxylation is 1. The van der Waals surface area contributed by atoms with E-state index in [-0.39, 0.29) is 5.92 Å². The first kappa shape index (κ1) is 26.7. The first-order chi connectivity index (χ1) is 20.1. The largest absolute Gasteiger partial charge is 0.467 e. The number of nitrogens with zero attached hydrogens (tertiary/aromatic N) is 3. The molecule has 2 aliphatic rings. The quantitative estimate of drug-likeness (QED) is 0.221. The zero-order chi connectivity index (χ0) is 28.3. The van der Waals surface area contributed by atoms with Crippen molar-refractivity contribution in [3.05, 3.63) is 95.0 Å². The SMILES string of the molecule is CCCc1nc2ccccc2c(C(=O)OCC(=O)N2N=C3C(=Cc4ccco4)CCCC3C2c2ccco2)c1CC. The fourth-order valence-corrected chi connectivity index (χ4v) is 6.12. The van der Waals surface area contributed by atoms with Crippen molar-refractivity contribution in [1.82, 2.24) is 9.99 Å². The van der Waals surface area contributed by atoms with Crippen LogP contribution in [0.3, 0.4) is 0 Å². The molecule has 1 aliphatic carbocycles. The van der Waals surface area contributed by atoms with Crippen LogP contribution >= 0.6 is 0 Å². The van der Waals surface area contributed by atoms with Crippen LogP contribution in [-0.4, -0.2) is 34.2 Å². The van der Waals surface area contributed by atoms with Crippen LogP contribution in [0.1, 0.15) is 78.7 Å². The van der Waals surface area contributed by atoms with Gasteiger partial charge < -0.3 is 13.6 Å². The Hall–Kier alpha value is -4.46. The molecule has 2 atom stereocenters. The summed E-state index contributed by atoms with van der Waals surface area (Å²) in [7, 11) is 0. The molecular weight excluding hydrogens is 518 g/mol. The van der Waals surface area contributed by atoms with E-state index >= 15 is 0 Å². The maximum Gasteiger partial charge on any atom is 0.339 e. The Balaban J connectivity index is 1.29. The average Bonchev–Trinajstić information content (AvgIpc) is 3.77. The Morgan fingerprint density at radius 1 is 1.07 bits per heavy atom. The lowest BCUT2D eigenvalue weighted by molar-refractivity contribution is -0.137. The van der Waals surface area contributed by atoms with Crippen LogP contribution in [-0.2, 0) is 22.4 Å². The number of furan rings is 2. The molecule has 8 nitrogen and oxygen atoms in total. The number of fused-ring (bicyclic) bond motifs is 2. The van der Waals surface area contributed by atoms with Crippen LogP contribution in [0.2, 0.25) is 0 Å². The van der Waals surface area contributed by atoms with Crippen LogP contribution in [0.4, 0.5) is 0 Å². The van der Waals surface area contributed by atoms with Crippen LogP contribution in [0.5, 0.6) is 0 Å². The number of allylic oxidation sites excluding steroid dienone is 1. The molecular formula is C33H33N3O5. The van der Waals surface area contributed by atoms with Crippen molar-refractivity contribution in [3.8, 4) is 0 Å². The van der Waals surface area contributed by atoms with Gasteiger partial charge in [-0.2, -0.15) is 5.10 Å². The summed E-state index contributed by atoms with van der Waals surface area (Å²) >= 11 is 0. The highest BCUT2D eigenvalue weighted by molar-refractivity contribution is 6.08. The predicted molar refractivity (Wildman–Crippen MR) is 155 cm³/mol. The van der Waals surface area contributed by atoms with E-state index in [4.69, 9.17) is 23.7 Å². The van der Waals surface area contributed by atoms with Crippen molar-refractivity contribution in [2.24, 2.45) is 11.0 Å². The van der Waals surface area contributed by atoms with E-state index in [1.807, 2.05) is 61.5 Å². The number of carbonyl (C=O) groups excluding carboxylic acids is 2. The van der Waals surface area contributed by atoms with Gasteiger partial charge in [0.2, 0.25) is 0 Å². The van der Waals surface area contributed by atoms with E-state index < -0.39 is 24.5 Å². The molecule has 3 aromatic heterocycles. The molecule has 2 unspecified atom stereocenters. The van der Waals surface area contributed by atoms with Crippen molar-refractivity contribution in [1.29, 1.82) is 0 Å². The molecule has 1 saturated carbocycles. The zero-order valence-corrected chi connectivity index (χ0v) is 23.3. The summed E-state index contributed by atoms with van der Waals surface area (Å²) in [5, 5.41) is 6.99. The summed E-state index contributed by atoms with van der Waals surface area (Å²) in [6.45, 7) is 3.67. The maximum atomic E-state index is 13.7. The minimum Gasteiger partial charge on any atom is -0.467 e. The Kier molecular flexibility index (Phi) is 7.55. The molecule has 0 saturated heterocycles. The monoisotopic (exact) mass is 551 g/mol. The number of carbonyl (C=O) groups is 2. The van der Waals surface area contributed by atoms with Gasteiger partial charge in [0.1, 0.15) is 17.6 Å². The smallest absolute Gasteiger partial charge is 0.339 e. The van der Waals surface area contributed by atoms with Crippen LogP contribution in [0.25, 0.3) is 17.0 Å². The Morgan fingerprint density at radius 3 is 2.66 bits per heavy atom. The number of hydrogen-bond acceptors (Lipinski definition) is 7. The lowest BCUT2D eigenvalue weighted by Gasteiger charge is -2.27. The molecule has 0 radical (unpaired) electrons. The number of hydrogen-bond donors (Lipinski definition) is 0. The van der Waals surface area contributed by atoms with E-state index in [1.54, 1.807) is 12.5 Å². The number of ether oxygens (including phenoxy) is 1. The Bertz CT molecular complexity index is 1620. The summed E-state index contributed by atoms with van der Waals surface area (Å²) < 4.78 is 17.1. The lowest BCUT2D eigenvalue weighted by Crippen LogP contribution is -2.34. The summed E-state index contributed by atoms with van der Waals surface area (Å²) in [6, 6.07) is 14.6. The number of amides is 1. The van der Waals surface area contributed by atoms with E-state index in [0.29, 0.717) is 17.7 Å². The van der Waals surface area contributed by atoms with Gasteiger partial charge in [-0.1, -0.05) is 38.5 Å². The lowest BCUT2D eigenvalue weighted by atomic mass is 9.79. The number of aromatic nitrogens is 1. The molecule has 0 spiro atoms. The third-order valence-electron chi connectivity index (χ3n) is 7.90. The molecule has 0 N–H and O–H groups in total. The van der Waals surface area contributed by atoms with Crippen molar-refractivity contribution >= 4 is 34.6 Å². The van der Waals surface area contributed by atoms with Crippen LogP contribution in [0.15, 0.2) is 80.6 Å². The fourth-order valence-electron chi connectivity index (χ4n) is 6.12. The number of benzene rings is 1. The minimum absolute atomic E-state index is 0.0248. The molecule has 4 heterocycles. The molecule has 1 amide bonds. The first-order valence-electron chi connectivity index (χ1n) is 14.3. The molecule has 210 valence electrons. The van der Waals surface area contributed by atoms with Gasteiger partial charge >= 0.3 is 5.97 Å². The van der Waals surface area contributed by atoms with Gasteiger partial charge in [-0.3, -0.25) is 9.78 Å². The molecule has 6 rings (SSSR count). The molecule has 1 aromatic carbocycles. The van der Waals surface area contributed by atoms with Crippen molar-refractivity contribution in [2.75, 3.05) is 6.61 Å². The summed E-state index contributed by atoms with van der Waals surface area (Å²) in [4.78, 5) is 32.1. The van der Waals surface area contributed by atoms with Crippen molar-refractivity contribution in [2.45, 2.75) is 58.4 Å². The highest BCUT2D eigenvalue weighted by Crippen LogP contribution is 2.44. The second kappa shape index (κ2) is 11.6. The van der Waals surface area contributed by atoms with Crippen LogP contribution in [0, 0.1) is 5.92 Å². The van der Waals surface area contributed by atoms with Gasteiger partial charge in [-0.05, 0) is 79.6 Å². The average molecular weight is 552 g/mol. The van der Waals surface area contributed by atoms with Crippen molar-refractivity contribution < 1.29 is 23.2 Å². The van der Waals surface area contributed by atoms with Gasteiger partial charge in [0.05, 0.1) is 29.3 Å². The molecule has 1 fully saturated rings. The van der Waals surface area contributed by atoms with Gasteiger partial charge in [0, 0.05) is 17.0 Å². The first-order valence-corrected chi connectivity index (χ1v) is 14.3. The van der Waals surface area contributed by atoms with Crippen LogP contribution < -0.4 is 0 Å². The Labute approximate surface area is 238 Å². The standard InChI is InChI=1S/C33H33N3O5/c1-3-10-26-23(4-2)30(24-13-5-6-15-27(24)34-26)33(38)41-20-29(37)36-32(28-16-9-18-40-28)25-14-7-11-21(31(25)35-36)19-22-12-8-17-39-22/h5-6,8-9,12-13,15-19,25,32H,3-4,7,10-11,14,20H2,1-2H3. The van der Waals surface area contributed by atoms with Gasteiger partial charge in [0.25, 0.3) is 5.91 Å². The number of pyridine rings is 1. The van der Waals surface area contributed by atoms with Gasteiger partial charge in [0.15, 0.2) is 6.61 Å². The molecule has 41 heavy (non-hydrogen) atoms. The molecule has 4 aromatic rings. The van der Waals surface area contributed by atoms with E-state index in [9.17, 15) is 9.59 Å². The summed E-state index contributed by atoms with van der Waals surface area (Å²) in [5.74, 6) is 0.455.